The van der Waals surface area contributed by atoms with Gasteiger partial charge in [0.05, 0.1) is 7.11 Å². The molecule has 0 radical (unpaired) electrons. The lowest BCUT2D eigenvalue weighted by Gasteiger charge is -2.04. The van der Waals surface area contributed by atoms with Crippen LogP contribution in [0.2, 0.25) is 0 Å². The second kappa shape index (κ2) is 4.69. The van der Waals surface area contributed by atoms with Gasteiger partial charge < -0.3 is 4.74 Å². The molecular weight excluding hydrogens is 176 g/mol. The lowest BCUT2D eigenvalue weighted by molar-refractivity contribution is 0.369. The fourth-order valence-corrected chi connectivity index (χ4v) is 1.08. The summed E-state index contributed by atoms with van der Waals surface area (Å²) in [4.78, 5) is 0. The Morgan fingerprint density at radius 1 is 1.14 bits per heavy atom. The van der Waals surface area contributed by atoms with Crippen molar-refractivity contribution in [3.8, 4) is 12.1 Å². The molecule has 1 aromatic carbocycles. The van der Waals surface area contributed by atoms with Crippen LogP contribution in [0.1, 0.15) is 5.56 Å². The molecule has 0 aliphatic carbocycles. The Balaban J connectivity index is 3.26. The van der Waals surface area contributed by atoms with Crippen molar-refractivity contribution in [3.05, 3.63) is 41.5 Å². The van der Waals surface area contributed by atoms with E-state index in [0.717, 1.165) is 5.56 Å². The molecule has 0 saturated heterocycles. The fraction of sp³-hybridized carbons (Fsp3) is 0.0909. The van der Waals surface area contributed by atoms with Crippen molar-refractivity contribution in [1.29, 1.82) is 10.5 Å². The van der Waals surface area contributed by atoms with E-state index in [2.05, 4.69) is 0 Å². The van der Waals surface area contributed by atoms with Crippen molar-refractivity contribution in [2.45, 2.75) is 0 Å². The molecule has 0 aliphatic heterocycles. The number of hydrogen-bond donors (Lipinski definition) is 0. The van der Waals surface area contributed by atoms with Crippen molar-refractivity contribution < 1.29 is 4.74 Å². The van der Waals surface area contributed by atoms with E-state index in [0.29, 0.717) is 5.76 Å². The van der Waals surface area contributed by atoms with Crippen LogP contribution < -0.4 is 0 Å². The number of nitriles is 2. The molecule has 0 spiro atoms. The van der Waals surface area contributed by atoms with Gasteiger partial charge in [-0.25, -0.2) is 0 Å². The maximum Gasteiger partial charge on any atom is 0.172 e. The standard InChI is InChI=1S/C11H8N2O/c1-14-11(10(7-12)8-13)9-5-3-2-4-6-9/h2-6H,1H3. The van der Waals surface area contributed by atoms with E-state index in [1.165, 1.54) is 7.11 Å². The highest BCUT2D eigenvalue weighted by Gasteiger charge is 2.08. The van der Waals surface area contributed by atoms with Crippen LogP contribution >= 0.6 is 0 Å². The molecule has 0 saturated carbocycles. The minimum Gasteiger partial charge on any atom is -0.494 e. The van der Waals surface area contributed by atoms with Crippen LogP contribution in [0.4, 0.5) is 0 Å². The van der Waals surface area contributed by atoms with E-state index >= 15 is 0 Å². The summed E-state index contributed by atoms with van der Waals surface area (Å²) < 4.78 is 5.01. The summed E-state index contributed by atoms with van der Waals surface area (Å²) >= 11 is 0. The smallest absolute Gasteiger partial charge is 0.172 e. The highest BCUT2D eigenvalue weighted by molar-refractivity contribution is 5.70. The molecule has 3 nitrogen and oxygen atoms in total. The van der Waals surface area contributed by atoms with Gasteiger partial charge in [0.1, 0.15) is 12.1 Å². The first kappa shape index (κ1) is 9.83. The first-order valence-corrected chi connectivity index (χ1v) is 3.97. The molecule has 0 N–H and O–H groups in total. The maximum atomic E-state index is 8.68. The highest BCUT2D eigenvalue weighted by atomic mass is 16.5. The zero-order valence-corrected chi connectivity index (χ0v) is 7.69. The Hall–Kier alpha value is -2.26. The van der Waals surface area contributed by atoms with Crippen molar-refractivity contribution in [2.24, 2.45) is 0 Å². The molecule has 0 unspecified atom stereocenters. The fourth-order valence-electron chi connectivity index (χ4n) is 1.08. The second-order valence-electron chi connectivity index (χ2n) is 2.50. The van der Waals surface area contributed by atoms with Crippen LogP contribution in [-0.4, -0.2) is 7.11 Å². The molecule has 0 atom stereocenters. The number of allylic oxidation sites excluding steroid dienone is 1. The molecule has 1 rings (SSSR count). The predicted molar refractivity (Wildman–Crippen MR) is 51.6 cm³/mol. The van der Waals surface area contributed by atoms with Gasteiger partial charge in [-0.05, 0) is 0 Å². The van der Waals surface area contributed by atoms with Crippen LogP contribution in [0.15, 0.2) is 35.9 Å². The predicted octanol–water partition coefficient (Wildman–Crippen LogP) is 2.09. The number of benzene rings is 1. The van der Waals surface area contributed by atoms with E-state index in [4.69, 9.17) is 15.3 Å². The minimum absolute atomic E-state index is 0.0151. The highest BCUT2D eigenvalue weighted by Crippen LogP contribution is 2.18. The van der Waals surface area contributed by atoms with Crippen molar-refractivity contribution in [3.63, 3.8) is 0 Å². The first-order valence-electron chi connectivity index (χ1n) is 3.97. The molecular formula is C11H8N2O. The molecule has 3 heteroatoms. The summed E-state index contributed by atoms with van der Waals surface area (Å²) in [6.45, 7) is 0. The van der Waals surface area contributed by atoms with E-state index in [1.807, 2.05) is 18.2 Å². The van der Waals surface area contributed by atoms with Crippen LogP contribution in [0, 0.1) is 22.7 Å². The van der Waals surface area contributed by atoms with Gasteiger partial charge in [0, 0.05) is 5.56 Å². The number of rotatable bonds is 2. The molecule has 0 aromatic heterocycles. The quantitative estimate of drug-likeness (QED) is 0.522. The first-order chi connectivity index (χ1) is 6.83. The lowest BCUT2D eigenvalue weighted by atomic mass is 10.1. The SMILES string of the molecule is COC(=C(C#N)C#N)c1ccccc1. The molecule has 0 heterocycles. The Morgan fingerprint density at radius 3 is 2.14 bits per heavy atom. The summed E-state index contributed by atoms with van der Waals surface area (Å²) in [5.74, 6) is 0.315. The van der Waals surface area contributed by atoms with Gasteiger partial charge in [-0.3, -0.25) is 0 Å². The molecule has 0 bridgehead atoms. The van der Waals surface area contributed by atoms with Crippen LogP contribution in [0.5, 0.6) is 0 Å². The topological polar surface area (TPSA) is 56.8 Å². The summed E-state index contributed by atoms with van der Waals surface area (Å²) in [6.07, 6.45) is 0. The average molecular weight is 184 g/mol. The second-order valence-corrected chi connectivity index (χ2v) is 2.50. The Labute approximate surface area is 82.5 Å². The normalized spacial score (nSPS) is 8.21. The zero-order valence-electron chi connectivity index (χ0n) is 7.69. The van der Waals surface area contributed by atoms with Crippen molar-refractivity contribution in [1.82, 2.24) is 0 Å². The van der Waals surface area contributed by atoms with Crippen molar-refractivity contribution >= 4 is 5.76 Å². The van der Waals surface area contributed by atoms with Gasteiger partial charge in [-0.1, -0.05) is 30.3 Å². The number of ether oxygens (including phenoxy) is 1. The molecule has 14 heavy (non-hydrogen) atoms. The summed E-state index contributed by atoms with van der Waals surface area (Å²) in [6, 6.07) is 12.7. The van der Waals surface area contributed by atoms with Crippen molar-refractivity contribution in [2.75, 3.05) is 7.11 Å². The molecule has 0 aliphatic rings. The third kappa shape index (κ3) is 1.91. The van der Waals surface area contributed by atoms with Gasteiger partial charge in [-0.15, -0.1) is 0 Å². The molecule has 1 aromatic rings. The van der Waals surface area contributed by atoms with Gasteiger partial charge >= 0.3 is 0 Å². The van der Waals surface area contributed by atoms with Gasteiger partial charge in [0.2, 0.25) is 0 Å². The number of methoxy groups -OCH3 is 1. The summed E-state index contributed by atoms with van der Waals surface area (Å²) in [5.41, 5.74) is 0.715. The van der Waals surface area contributed by atoms with Gasteiger partial charge in [-0.2, -0.15) is 10.5 Å². The Bertz CT molecular complexity index is 405. The Kier molecular flexibility index (Phi) is 3.29. The third-order valence-electron chi connectivity index (χ3n) is 1.69. The monoisotopic (exact) mass is 184 g/mol. The average Bonchev–Trinajstić information content (AvgIpc) is 2.27. The van der Waals surface area contributed by atoms with E-state index < -0.39 is 0 Å². The van der Waals surface area contributed by atoms with Crippen LogP contribution in [-0.2, 0) is 4.74 Å². The van der Waals surface area contributed by atoms with E-state index in [9.17, 15) is 0 Å². The molecule has 68 valence electrons. The minimum atomic E-state index is -0.0151. The molecule has 0 amide bonds. The lowest BCUT2D eigenvalue weighted by Crippen LogP contribution is -1.91. The van der Waals surface area contributed by atoms with Crippen LogP contribution in [0.25, 0.3) is 5.76 Å². The number of nitrogens with zero attached hydrogens (tertiary/aromatic N) is 2. The number of hydrogen-bond acceptors (Lipinski definition) is 3. The van der Waals surface area contributed by atoms with Gasteiger partial charge in [0.25, 0.3) is 0 Å². The van der Waals surface area contributed by atoms with E-state index in [1.54, 1.807) is 24.3 Å². The summed E-state index contributed by atoms with van der Waals surface area (Å²) in [7, 11) is 1.44. The zero-order chi connectivity index (χ0) is 10.4. The van der Waals surface area contributed by atoms with Gasteiger partial charge in [0.15, 0.2) is 11.3 Å². The largest absolute Gasteiger partial charge is 0.494 e. The van der Waals surface area contributed by atoms with Crippen LogP contribution in [0.3, 0.4) is 0 Å². The molecule has 0 fully saturated rings. The third-order valence-corrected chi connectivity index (χ3v) is 1.69. The Morgan fingerprint density at radius 2 is 1.71 bits per heavy atom. The summed E-state index contributed by atoms with van der Waals surface area (Å²) in [5, 5.41) is 17.4. The van der Waals surface area contributed by atoms with E-state index in [-0.39, 0.29) is 5.57 Å². The maximum absolute atomic E-state index is 8.68.